The third-order valence-electron chi connectivity index (χ3n) is 4.04. The van der Waals surface area contributed by atoms with Crippen LogP contribution in [0.5, 0.6) is 5.75 Å². The lowest BCUT2D eigenvalue weighted by atomic mass is 10.1. The number of carbonyl (C=O) groups is 1. The minimum atomic E-state index is -0.162. The molecule has 2 aromatic rings. The van der Waals surface area contributed by atoms with Crippen LogP contribution >= 0.6 is 0 Å². The summed E-state index contributed by atoms with van der Waals surface area (Å²) >= 11 is 0. The molecule has 3 rings (SSSR count). The summed E-state index contributed by atoms with van der Waals surface area (Å²) in [5, 5.41) is 7.18. The molecule has 0 spiro atoms. The van der Waals surface area contributed by atoms with Gasteiger partial charge < -0.3 is 14.8 Å². The first-order valence-corrected chi connectivity index (χ1v) is 8.82. The van der Waals surface area contributed by atoms with Crippen LogP contribution in [0, 0.1) is 0 Å². The molecule has 25 heavy (non-hydrogen) atoms. The van der Waals surface area contributed by atoms with Gasteiger partial charge in [-0.1, -0.05) is 0 Å². The number of nitrogens with one attached hydrogen (secondary N) is 1. The SMILES string of the molecule is CC(C)Oc1ccc(C(=O)Nc2cnn(CC3CCCCO3)c2)cc1. The summed E-state index contributed by atoms with van der Waals surface area (Å²) in [4.78, 5) is 12.3. The maximum absolute atomic E-state index is 12.3. The monoisotopic (exact) mass is 343 g/mol. The highest BCUT2D eigenvalue weighted by Crippen LogP contribution is 2.17. The predicted octanol–water partition coefficient (Wildman–Crippen LogP) is 3.49. The number of rotatable bonds is 6. The van der Waals surface area contributed by atoms with Crippen LogP contribution in [-0.4, -0.2) is 34.5 Å². The van der Waals surface area contributed by atoms with Crippen LogP contribution in [0.25, 0.3) is 0 Å². The van der Waals surface area contributed by atoms with Gasteiger partial charge in [-0.2, -0.15) is 5.10 Å². The number of aromatic nitrogens is 2. The maximum Gasteiger partial charge on any atom is 0.255 e. The van der Waals surface area contributed by atoms with Crippen LogP contribution < -0.4 is 10.1 Å². The molecule has 1 aromatic heterocycles. The standard InChI is InChI=1S/C19H25N3O3/c1-14(2)25-17-8-6-15(7-9-17)19(23)21-16-11-20-22(12-16)13-18-5-3-4-10-24-18/h6-9,11-12,14,18H,3-5,10,13H2,1-2H3,(H,21,23). The van der Waals surface area contributed by atoms with Crippen LogP contribution in [0.15, 0.2) is 36.7 Å². The Balaban J connectivity index is 1.55. The number of hydrogen-bond acceptors (Lipinski definition) is 4. The molecule has 1 aliphatic heterocycles. The number of anilines is 1. The molecule has 1 aromatic carbocycles. The molecule has 2 heterocycles. The molecule has 134 valence electrons. The molecule has 0 aliphatic carbocycles. The quantitative estimate of drug-likeness (QED) is 0.872. The van der Waals surface area contributed by atoms with Crippen molar-refractivity contribution in [1.29, 1.82) is 0 Å². The summed E-state index contributed by atoms with van der Waals surface area (Å²) in [6, 6.07) is 7.12. The Morgan fingerprint density at radius 3 is 2.84 bits per heavy atom. The normalized spacial score (nSPS) is 17.5. The van der Waals surface area contributed by atoms with Gasteiger partial charge in [0.05, 0.1) is 30.6 Å². The van der Waals surface area contributed by atoms with Gasteiger partial charge in [-0.05, 0) is 57.4 Å². The lowest BCUT2D eigenvalue weighted by Gasteiger charge is -2.22. The zero-order valence-electron chi connectivity index (χ0n) is 14.8. The minimum absolute atomic E-state index is 0.110. The molecule has 1 aliphatic rings. The van der Waals surface area contributed by atoms with Crippen LogP contribution in [0.4, 0.5) is 5.69 Å². The van der Waals surface area contributed by atoms with Crippen LogP contribution in [0.2, 0.25) is 0 Å². The van der Waals surface area contributed by atoms with Crippen molar-refractivity contribution in [3.05, 3.63) is 42.2 Å². The van der Waals surface area contributed by atoms with Gasteiger partial charge in [-0.25, -0.2) is 0 Å². The average Bonchev–Trinajstić information content (AvgIpc) is 3.02. The van der Waals surface area contributed by atoms with E-state index in [4.69, 9.17) is 9.47 Å². The van der Waals surface area contributed by atoms with Crippen molar-refractivity contribution in [2.75, 3.05) is 11.9 Å². The van der Waals surface area contributed by atoms with E-state index < -0.39 is 0 Å². The van der Waals surface area contributed by atoms with E-state index in [1.807, 2.05) is 24.7 Å². The van der Waals surface area contributed by atoms with Crippen molar-refractivity contribution in [2.24, 2.45) is 0 Å². The number of nitrogens with zero attached hydrogens (tertiary/aromatic N) is 2. The van der Waals surface area contributed by atoms with Gasteiger partial charge >= 0.3 is 0 Å². The third kappa shape index (κ3) is 5.06. The van der Waals surface area contributed by atoms with E-state index in [0.717, 1.165) is 31.7 Å². The number of benzene rings is 1. The highest BCUT2D eigenvalue weighted by atomic mass is 16.5. The number of hydrogen-bond donors (Lipinski definition) is 1. The minimum Gasteiger partial charge on any atom is -0.491 e. The molecule has 1 fully saturated rings. The second-order valence-corrected chi connectivity index (χ2v) is 6.58. The van der Waals surface area contributed by atoms with Gasteiger partial charge in [-0.3, -0.25) is 9.48 Å². The van der Waals surface area contributed by atoms with Crippen LogP contribution in [0.1, 0.15) is 43.5 Å². The lowest BCUT2D eigenvalue weighted by Crippen LogP contribution is -2.24. The summed E-state index contributed by atoms with van der Waals surface area (Å²) in [6.45, 7) is 5.48. The Morgan fingerprint density at radius 2 is 2.16 bits per heavy atom. The average molecular weight is 343 g/mol. The molecule has 6 nitrogen and oxygen atoms in total. The third-order valence-corrected chi connectivity index (χ3v) is 4.04. The molecule has 1 saturated heterocycles. The van der Waals surface area contributed by atoms with E-state index in [0.29, 0.717) is 11.3 Å². The Bertz CT molecular complexity index is 688. The summed E-state index contributed by atoms with van der Waals surface area (Å²) in [7, 11) is 0. The topological polar surface area (TPSA) is 65.4 Å². The smallest absolute Gasteiger partial charge is 0.255 e. The van der Waals surface area contributed by atoms with Crippen LogP contribution in [0.3, 0.4) is 0 Å². The van der Waals surface area contributed by atoms with E-state index >= 15 is 0 Å². The van der Waals surface area contributed by atoms with Gasteiger partial charge in [0.15, 0.2) is 0 Å². The number of amides is 1. The summed E-state index contributed by atoms with van der Waals surface area (Å²) in [5.74, 6) is 0.594. The molecule has 0 saturated carbocycles. The fourth-order valence-corrected chi connectivity index (χ4v) is 2.85. The Labute approximate surface area is 148 Å². The van der Waals surface area contributed by atoms with Crippen molar-refractivity contribution in [3.63, 3.8) is 0 Å². The van der Waals surface area contributed by atoms with Gasteiger partial charge in [0.25, 0.3) is 5.91 Å². The fourth-order valence-electron chi connectivity index (χ4n) is 2.85. The number of carbonyl (C=O) groups excluding carboxylic acids is 1. The Kier molecular flexibility index (Phi) is 5.71. The molecule has 0 radical (unpaired) electrons. The van der Waals surface area contributed by atoms with E-state index in [9.17, 15) is 4.79 Å². The van der Waals surface area contributed by atoms with Gasteiger partial charge in [-0.15, -0.1) is 0 Å². The van der Waals surface area contributed by atoms with Gasteiger partial charge in [0, 0.05) is 18.4 Å². The molecule has 6 heteroatoms. The fraction of sp³-hybridized carbons (Fsp3) is 0.474. The van der Waals surface area contributed by atoms with Crippen molar-refractivity contribution < 1.29 is 14.3 Å². The van der Waals surface area contributed by atoms with E-state index in [2.05, 4.69) is 10.4 Å². The Morgan fingerprint density at radius 1 is 1.36 bits per heavy atom. The first kappa shape index (κ1) is 17.5. The molecule has 1 atom stereocenters. The molecular weight excluding hydrogens is 318 g/mol. The highest BCUT2D eigenvalue weighted by Gasteiger charge is 2.15. The van der Waals surface area contributed by atoms with Crippen LogP contribution in [-0.2, 0) is 11.3 Å². The van der Waals surface area contributed by atoms with E-state index in [-0.39, 0.29) is 18.1 Å². The lowest BCUT2D eigenvalue weighted by molar-refractivity contribution is 0.00400. The van der Waals surface area contributed by atoms with E-state index in [1.54, 1.807) is 30.5 Å². The second kappa shape index (κ2) is 8.16. The maximum atomic E-state index is 12.3. The zero-order chi connectivity index (χ0) is 17.6. The molecular formula is C19H25N3O3. The van der Waals surface area contributed by atoms with Crippen molar-refractivity contribution >= 4 is 11.6 Å². The molecule has 1 N–H and O–H groups in total. The predicted molar refractivity (Wildman–Crippen MR) is 96.0 cm³/mol. The van der Waals surface area contributed by atoms with E-state index in [1.165, 1.54) is 6.42 Å². The molecule has 0 bridgehead atoms. The highest BCUT2D eigenvalue weighted by molar-refractivity contribution is 6.04. The summed E-state index contributed by atoms with van der Waals surface area (Å²) < 4.78 is 13.1. The van der Waals surface area contributed by atoms with Gasteiger partial charge in [0.2, 0.25) is 0 Å². The second-order valence-electron chi connectivity index (χ2n) is 6.58. The Hall–Kier alpha value is -2.34. The summed E-state index contributed by atoms with van der Waals surface area (Å²) in [6.07, 6.45) is 7.23. The molecule has 1 unspecified atom stereocenters. The molecule has 1 amide bonds. The first-order chi connectivity index (χ1) is 12.1. The number of ether oxygens (including phenoxy) is 2. The summed E-state index contributed by atoms with van der Waals surface area (Å²) in [5.41, 5.74) is 1.27. The largest absolute Gasteiger partial charge is 0.491 e. The zero-order valence-corrected chi connectivity index (χ0v) is 14.8. The van der Waals surface area contributed by atoms with Crippen molar-refractivity contribution in [1.82, 2.24) is 9.78 Å². The van der Waals surface area contributed by atoms with Gasteiger partial charge in [0.1, 0.15) is 5.75 Å². The first-order valence-electron chi connectivity index (χ1n) is 8.82. The van der Waals surface area contributed by atoms with Crippen molar-refractivity contribution in [2.45, 2.75) is 51.9 Å². The van der Waals surface area contributed by atoms with Crippen molar-refractivity contribution in [3.8, 4) is 5.75 Å².